The van der Waals surface area contributed by atoms with Crippen LogP contribution in [0.4, 0.5) is 0 Å². The van der Waals surface area contributed by atoms with Crippen molar-refractivity contribution in [3.63, 3.8) is 0 Å². The molecule has 1 aliphatic rings. The summed E-state index contributed by atoms with van der Waals surface area (Å²) in [6.07, 6.45) is 10.5. The van der Waals surface area contributed by atoms with Crippen LogP contribution < -0.4 is 5.32 Å². The van der Waals surface area contributed by atoms with Crippen LogP contribution in [0, 0.1) is 5.92 Å². The average Bonchev–Trinajstić information content (AvgIpc) is 2.51. The first-order valence-corrected chi connectivity index (χ1v) is 9.10. The zero-order valence-corrected chi connectivity index (χ0v) is 14.8. The highest BCUT2D eigenvalue weighted by Gasteiger charge is 2.24. The monoisotopic (exact) mass is 298 g/mol. The molecule has 1 saturated carbocycles. The summed E-state index contributed by atoms with van der Waals surface area (Å²) < 4.78 is 0. The van der Waals surface area contributed by atoms with E-state index in [0.717, 1.165) is 24.9 Å². The Balaban J connectivity index is 2.17. The van der Waals surface area contributed by atoms with Crippen LogP contribution in [0.15, 0.2) is 0 Å². The maximum Gasteiger partial charge on any atom is 0.0610 e. The molecule has 0 aromatic carbocycles. The van der Waals surface area contributed by atoms with Crippen LogP contribution in [-0.2, 0) is 0 Å². The van der Waals surface area contributed by atoms with E-state index in [1.54, 1.807) is 0 Å². The summed E-state index contributed by atoms with van der Waals surface area (Å²) in [5.74, 6) is 0.986. The molecular weight excluding hydrogens is 260 g/mol. The van der Waals surface area contributed by atoms with Gasteiger partial charge in [0.2, 0.25) is 0 Å². The third kappa shape index (κ3) is 6.66. The zero-order valence-electron chi connectivity index (χ0n) is 14.8. The molecule has 1 atom stereocenters. The van der Waals surface area contributed by atoms with E-state index in [1.165, 1.54) is 51.5 Å². The van der Waals surface area contributed by atoms with Gasteiger partial charge in [-0.05, 0) is 71.5 Å². The van der Waals surface area contributed by atoms with Gasteiger partial charge in [-0.15, -0.1) is 0 Å². The van der Waals surface area contributed by atoms with Crippen molar-refractivity contribution in [1.29, 1.82) is 0 Å². The van der Waals surface area contributed by atoms with Crippen LogP contribution in [0.5, 0.6) is 0 Å². The fraction of sp³-hybridized carbons (Fsp3) is 1.00. The number of hydrogen-bond donors (Lipinski definition) is 2. The van der Waals surface area contributed by atoms with E-state index in [0.29, 0.717) is 0 Å². The number of rotatable bonds is 10. The van der Waals surface area contributed by atoms with Gasteiger partial charge in [-0.3, -0.25) is 0 Å². The Bertz CT molecular complexity index is 264. The highest BCUT2D eigenvalue weighted by molar-refractivity contribution is 4.82. The summed E-state index contributed by atoms with van der Waals surface area (Å²) in [5.41, 5.74) is -0.0908. The Hall–Kier alpha value is -0.120. The predicted octanol–water partition coefficient (Wildman–Crippen LogP) is 3.42. The number of unbranched alkanes of at least 4 members (excludes halogenated alkanes) is 1. The van der Waals surface area contributed by atoms with Crippen molar-refractivity contribution in [2.45, 2.75) is 83.7 Å². The normalized spacial score (nSPS) is 26.0. The molecule has 2 N–H and O–H groups in total. The lowest BCUT2D eigenvalue weighted by molar-refractivity contribution is 0.149. The summed E-state index contributed by atoms with van der Waals surface area (Å²) >= 11 is 0. The summed E-state index contributed by atoms with van der Waals surface area (Å²) in [7, 11) is 2.30. The highest BCUT2D eigenvalue weighted by atomic mass is 16.3. The van der Waals surface area contributed by atoms with Crippen LogP contribution >= 0.6 is 0 Å². The number of nitrogens with one attached hydrogen (secondary N) is 1. The zero-order chi connectivity index (χ0) is 15.7. The van der Waals surface area contributed by atoms with E-state index in [2.05, 4.69) is 38.0 Å². The first kappa shape index (κ1) is 18.9. The van der Waals surface area contributed by atoms with Crippen LogP contribution in [-0.4, -0.2) is 48.3 Å². The van der Waals surface area contributed by atoms with Gasteiger partial charge in [-0.2, -0.15) is 0 Å². The predicted molar refractivity (Wildman–Crippen MR) is 91.7 cm³/mol. The third-order valence-electron chi connectivity index (χ3n) is 5.46. The Morgan fingerprint density at radius 2 is 1.81 bits per heavy atom. The molecule has 3 heteroatoms. The Morgan fingerprint density at radius 3 is 2.33 bits per heavy atom. The van der Waals surface area contributed by atoms with E-state index in [4.69, 9.17) is 0 Å². The molecule has 1 unspecified atom stereocenters. The minimum absolute atomic E-state index is 0.0908. The van der Waals surface area contributed by atoms with Crippen molar-refractivity contribution >= 4 is 0 Å². The van der Waals surface area contributed by atoms with Crippen LogP contribution in [0.25, 0.3) is 0 Å². The van der Waals surface area contributed by atoms with Crippen molar-refractivity contribution in [3.05, 3.63) is 0 Å². The van der Waals surface area contributed by atoms with Crippen molar-refractivity contribution in [3.8, 4) is 0 Å². The number of hydrogen-bond acceptors (Lipinski definition) is 3. The molecule has 0 bridgehead atoms. The lowest BCUT2D eigenvalue weighted by Crippen LogP contribution is -2.45. The standard InChI is InChI=1S/C18H38N2O/c1-5-16-9-11-17(12-10-16)20(4)14-8-7-13-18(3,15-21)19-6-2/h16-17,19,21H,5-15H2,1-4H3. The van der Waals surface area contributed by atoms with Crippen LogP contribution in [0.1, 0.15) is 72.1 Å². The maximum atomic E-state index is 9.50. The molecule has 1 aliphatic carbocycles. The molecule has 0 radical (unpaired) electrons. The molecule has 0 aromatic rings. The summed E-state index contributed by atoms with van der Waals surface area (Å²) in [6.45, 7) is 8.93. The van der Waals surface area contributed by atoms with E-state index in [-0.39, 0.29) is 12.1 Å². The highest BCUT2D eigenvalue weighted by Crippen LogP contribution is 2.29. The summed E-state index contributed by atoms with van der Waals surface area (Å²) in [5, 5.41) is 12.9. The number of aliphatic hydroxyl groups excluding tert-OH is 1. The first-order chi connectivity index (χ1) is 10.0. The smallest absolute Gasteiger partial charge is 0.0610 e. The van der Waals surface area contributed by atoms with Gasteiger partial charge in [0.05, 0.1) is 6.61 Å². The van der Waals surface area contributed by atoms with Gasteiger partial charge < -0.3 is 15.3 Å². The second-order valence-electron chi connectivity index (χ2n) is 7.27. The fourth-order valence-electron chi connectivity index (χ4n) is 3.70. The van der Waals surface area contributed by atoms with Gasteiger partial charge in [0, 0.05) is 11.6 Å². The maximum absolute atomic E-state index is 9.50. The lowest BCUT2D eigenvalue weighted by atomic mass is 9.84. The van der Waals surface area contributed by atoms with Crippen molar-refractivity contribution in [2.75, 3.05) is 26.7 Å². The van der Waals surface area contributed by atoms with Gasteiger partial charge in [-0.25, -0.2) is 0 Å². The summed E-state index contributed by atoms with van der Waals surface area (Å²) in [4.78, 5) is 2.58. The van der Waals surface area contributed by atoms with Gasteiger partial charge in [0.25, 0.3) is 0 Å². The molecule has 0 amide bonds. The fourth-order valence-corrected chi connectivity index (χ4v) is 3.70. The number of aliphatic hydroxyl groups is 1. The minimum atomic E-state index is -0.0908. The van der Waals surface area contributed by atoms with Gasteiger partial charge in [0.15, 0.2) is 0 Å². The van der Waals surface area contributed by atoms with E-state index in [9.17, 15) is 5.11 Å². The Kier molecular flexibility index (Phi) is 8.84. The topological polar surface area (TPSA) is 35.5 Å². The van der Waals surface area contributed by atoms with Gasteiger partial charge >= 0.3 is 0 Å². The second-order valence-corrected chi connectivity index (χ2v) is 7.27. The van der Waals surface area contributed by atoms with E-state index >= 15 is 0 Å². The first-order valence-electron chi connectivity index (χ1n) is 9.10. The Labute approximate surface area is 132 Å². The van der Waals surface area contributed by atoms with Gasteiger partial charge in [0.1, 0.15) is 0 Å². The van der Waals surface area contributed by atoms with E-state index in [1.807, 2.05) is 0 Å². The molecule has 0 aliphatic heterocycles. The molecule has 0 saturated heterocycles. The largest absolute Gasteiger partial charge is 0.394 e. The average molecular weight is 299 g/mol. The number of likely N-dealkylation sites (N-methyl/N-ethyl adjacent to an activating group) is 1. The van der Waals surface area contributed by atoms with E-state index < -0.39 is 0 Å². The molecular formula is C18H38N2O. The van der Waals surface area contributed by atoms with Crippen molar-refractivity contribution in [1.82, 2.24) is 10.2 Å². The molecule has 126 valence electrons. The molecule has 0 spiro atoms. The molecule has 1 fully saturated rings. The van der Waals surface area contributed by atoms with Crippen molar-refractivity contribution in [2.24, 2.45) is 5.92 Å². The van der Waals surface area contributed by atoms with Crippen molar-refractivity contribution < 1.29 is 5.11 Å². The molecule has 0 heterocycles. The molecule has 1 rings (SSSR count). The second kappa shape index (κ2) is 9.81. The quantitative estimate of drug-likeness (QED) is 0.607. The Morgan fingerprint density at radius 1 is 1.14 bits per heavy atom. The molecule has 21 heavy (non-hydrogen) atoms. The minimum Gasteiger partial charge on any atom is -0.394 e. The van der Waals surface area contributed by atoms with Crippen LogP contribution in [0.2, 0.25) is 0 Å². The SMILES string of the molecule is CCNC(C)(CO)CCCCN(C)C1CCC(CC)CC1. The number of nitrogens with zero attached hydrogens (tertiary/aromatic N) is 1. The third-order valence-corrected chi connectivity index (χ3v) is 5.46. The molecule has 3 nitrogen and oxygen atoms in total. The molecule has 0 aromatic heterocycles. The van der Waals surface area contributed by atoms with Gasteiger partial charge in [-0.1, -0.05) is 26.7 Å². The lowest BCUT2D eigenvalue weighted by Gasteiger charge is -2.35. The summed E-state index contributed by atoms with van der Waals surface area (Å²) in [6, 6.07) is 0.811. The van der Waals surface area contributed by atoms with Crippen LogP contribution in [0.3, 0.4) is 0 Å².